The second-order valence-corrected chi connectivity index (χ2v) is 19.5. The predicted octanol–water partition coefficient (Wildman–Crippen LogP) is 21.6. The monoisotopic (exact) mass is 953 g/mol. The third-order valence-electron chi connectivity index (χ3n) is 14.0. The lowest BCUT2D eigenvalue weighted by Crippen LogP contribution is -1.94. The van der Waals surface area contributed by atoms with Crippen molar-refractivity contribution in [3.8, 4) is 44.5 Å². The average molecular weight is 953 g/mol. The average Bonchev–Trinajstić information content (AvgIpc) is 4.21. The molecule has 0 amide bonds. The van der Waals surface area contributed by atoms with Crippen LogP contribution in [0.4, 0.5) is 0 Å². The lowest BCUT2D eigenvalue weighted by atomic mass is 9.92. The third-order valence-corrected chi connectivity index (χ3v) is 14.0. The summed E-state index contributed by atoms with van der Waals surface area (Å²) >= 11 is 0. The molecule has 0 bridgehead atoms. The molecule has 0 aliphatic heterocycles. The first-order valence-corrected chi connectivity index (χ1v) is 27.9. The minimum Gasteiger partial charge on any atom is -0.0683 e. The van der Waals surface area contributed by atoms with Crippen LogP contribution in [0.2, 0.25) is 0 Å². The van der Waals surface area contributed by atoms with E-state index >= 15 is 0 Å². The molecule has 12 rings (SSSR count). The van der Waals surface area contributed by atoms with Gasteiger partial charge in [-0.25, -0.2) is 0 Å². The van der Waals surface area contributed by atoms with Gasteiger partial charge in [-0.05, 0) is 161 Å². The molecule has 4 aliphatic rings. The third kappa shape index (κ3) is 12.9. The number of fused-ring (bicyclic) bond motifs is 12. The molecule has 0 unspecified atom stereocenters. The Balaban J connectivity index is 0.000000170. The fourth-order valence-corrected chi connectivity index (χ4v) is 10.4. The van der Waals surface area contributed by atoms with Gasteiger partial charge in [-0.3, -0.25) is 0 Å². The van der Waals surface area contributed by atoms with Crippen molar-refractivity contribution in [1.29, 1.82) is 0 Å². The van der Waals surface area contributed by atoms with Crippen molar-refractivity contribution in [2.45, 2.75) is 160 Å². The largest absolute Gasteiger partial charge is 0.0683 e. The van der Waals surface area contributed by atoms with E-state index in [4.69, 9.17) is 0 Å². The van der Waals surface area contributed by atoms with Crippen LogP contribution in [0.5, 0.6) is 0 Å². The van der Waals surface area contributed by atoms with Gasteiger partial charge in [0, 0.05) is 0 Å². The Bertz CT molecular complexity index is 2940. The van der Waals surface area contributed by atoms with Crippen molar-refractivity contribution in [2.24, 2.45) is 0 Å². The highest BCUT2D eigenvalue weighted by Crippen LogP contribution is 2.43. The van der Waals surface area contributed by atoms with Gasteiger partial charge in [0.05, 0.1) is 0 Å². The van der Waals surface area contributed by atoms with Gasteiger partial charge in [-0.15, -0.1) is 0 Å². The van der Waals surface area contributed by atoms with Gasteiger partial charge in [0.1, 0.15) is 0 Å². The molecular weight excluding hydrogens is 865 g/mol. The standard InChI is InChI=1S/4C16H16.4C2H6/c1-11(2)14-9-5-7-13-10-12-6-3-4-8-15(12)16(13)14;1-11(2)13-8-5-9-15-14-7-4-3-6-12(14)10-16(13)15;1-11(2)12-7-8-14-9-13-5-3-4-6-15(13)16(14)10-12;1-11(2)12-7-8-16-14(9-12)10-13-5-3-4-6-15(13)16;4*1-2/h2*3-9,11H,10H2,1-2H3;3-8,10-11H,9H2,1-2H3;3-9,11H,10H2,1-2H3;4*1-2H3. The Morgan fingerprint density at radius 2 is 0.611 bits per heavy atom. The zero-order valence-corrected chi connectivity index (χ0v) is 47.3. The molecule has 0 aromatic heterocycles. The molecule has 72 heavy (non-hydrogen) atoms. The van der Waals surface area contributed by atoms with Crippen LogP contribution in [-0.2, 0) is 25.7 Å². The van der Waals surface area contributed by atoms with E-state index in [1.54, 1.807) is 5.56 Å². The molecule has 0 N–H and O–H groups in total. The zero-order chi connectivity index (χ0) is 52.5. The highest BCUT2D eigenvalue weighted by Gasteiger charge is 2.23. The molecule has 0 heteroatoms. The van der Waals surface area contributed by atoms with Gasteiger partial charge >= 0.3 is 0 Å². The summed E-state index contributed by atoms with van der Waals surface area (Å²) in [6.07, 6.45) is 4.42. The number of hydrogen-bond acceptors (Lipinski definition) is 0. The van der Waals surface area contributed by atoms with Gasteiger partial charge in [0.2, 0.25) is 0 Å². The smallest absolute Gasteiger partial charge is 0.00106 e. The topological polar surface area (TPSA) is 0 Å². The molecule has 0 fully saturated rings. The van der Waals surface area contributed by atoms with Crippen molar-refractivity contribution < 1.29 is 0 Å². The van der Waals surface area contributed by atoms with Crippen LogP contribution in [0.3, 0.4) is 0 Å². The van der Waals surface area contributed by atoms with Gasteiger partial charge in [0.25, 0.3) is 0 Å². The van der Waals surface area contributed by atoms with Gasteiger partial charge in [-0.1, -0.05) is 281 Å². The zero-order valence-electron chi connectivity index (χ0n) is 47.3. The van der Waals surface area contributed by atoms with Crippen LogP contribution in [0.1, 0.15) is 201 Å². The molecule has 0 saturated heterocycles. The van der Waals surface area contributed by atoms with Crippen molar-refractivity contribution in [1.82, 2.24) is 0 Å². The second kappa shape index (κ2) is 27.5. The van der Waals surface area contributed by atoms with Crippen LogP contribution in [0.25, 0.3) is 44.5 Å². The Hall–Kier alpha value is -6.24. The van der Waals surface area contributed by atoms with Crippen LogP contribution in [0, 0.1) is 0 Å². The second-order valence-electron chi connectivity index (χ2n) is 19.5. The van der Waals surface area contributed by atoms with E-state index < -0.39 is 0 Å². The first kappa shape index (κ1) is 56.7. The summed E-state index contributed by atoms with van der Waals surface area (Å²) in [5, 5.41) is 0. The Morgan fingerprint density at radius 1 is 0.250 bits per heavy atom. The molecule has 0 nitrogen and oxygen atoms in total. The van der Waals surface area contributed by atoms with E-state index in [9.17, 15) is 0 Å². The van der Waals surface area contributed by atoms with Gasteiger partial charge < -0.3 is 0 Å². The minimum atomic E-state index is 0.598. The molecule has 4 aliphatic carbocycles. The summed E-state index contributed by atoms with van der Waals surface area (Å²) in [7, 11) is 0. The summed E-state index contributed by atoms with van der Waals surface area (Å²) in [5.41, 5.74) is 29.3. The summed E-state index contributed by atoms with van der Waals surface area (Å²) in [6.45, 7) is 34.1. The van der Waals surface area contributed by atoms with Crippen LogP contribution < -0.4 is 0 Å². The minimum absolute atomic E-state index is 0.598. The van der Waals surface area contributed by atoms with E-state index in [0.717, 1.165) is 25.7 Å². The van der Waals surface area contributed by atoms with Crippen molar-refractivity contribution in [2.75, 3.05) is 0 Å². The number of benzene rings is 8. The summed E-state index contributed by atoms with van der Waals surface area (Å²) < 4.78 is 0. The molecule has 0 spiro atoms. The predicted molar refractivity (Wildman–Crippen MR) is 320 cm³/mol. The van der Waals surface area contributed by atoms with Gasteiger partial charge in [-0.2, -0.15) is 0 Å². The molecule has 8 aromatic rings. The molecule has 0 heterocycles. The molecule has 0 atom stereocenters. The van der Waals surface area contributed by atoms with Crippen LogP contribution in [-0.4, -0.2) is 0 Å². The maximum atomic E-state index is 2.38. The maximum Gasteiger partial charge on any atom is -0.00106 e. The fourth-order valence-electron chi connectivity index (χ4n) is 10.4. The van der Waals surface area contributed by atoms with Crippen molar-refractivity contribution in [3.63, 3.8) is 0 Å². The van der Waals surface area contributed by atoms with Crippen LogP contribution >= 0.6 is 0 Å². The molecule has 0 saturated carbocycles. The van der Waals surface area contributed by atoms with E-state index in [0.29, 0.717) is 23.7 Å². The van der Waals surface area contributed by atoms with E-state index in [-0.39, 0.29) is 0 Å². The Labute approximate surface area is 439 Å². The maximum absolute atomic E-state index is 2.38. The van der Waals surface area contributed by atoms with Gasteiger partial charge in [0.15, 0.2) is 0 Å². The molecular formula is C72H88. The van der Waals surface area contributed by atoms with Crippen LogP contribution in [0.15, 0.2) is 170 Å². The lowest BCUT2D eigenvalue weighted by Gasteiger charge is -2.12. The van der Waals surface area contributed by atoms with Crippen molar-refractivity contribution in [3.05, 3.63) is 237 Å². The summed E-state index contributed by atoms with van der Waals surface area (Å²) in [4.78, 5) is 0. The number of hydrogen-bond donors (Lipinski definition) is 0. The van der Waals surface area contributed by atoms with E-state index in [1.165, 1.54) is 106 Å². The van der Waals surface area contributed by atoms with E-state index in [2.05, 4.69) is 225 Å². The molecule has 0 radical (unpaired) electrons. The lowest BCUT2D eigenvalue weighted by molar-refractivity contribution is 0.852. The molecule has 376 valence electrons. The van der Waals surface area contributed by atoms with Crippen molar-refractivity contribution >= 4 is 0 Å². The highest BCUT2D eigenvalue weighted by molar-refractivity contribution is 5.81. The SMILES string of the molecule is CC.CC.CC.CC.CC(C)c1ccc2c(c1)-c1ccccc1C2.CC(C)c1ccc2c(c1)Cc1ccccc1-2.CC(C)c1cccc2c1-c1ccccc1C2.CC(C)c1cccc2c1Cc1ccccc1-2. The van der Waals surface area contributed by atoms with E-state index in [1.807, 2.05) is 55.4 Å². The fraction of sp³-hybridized carbons (Fsp3) is 0.333. The Kier molecular flexibility index (Phi) is 21.7. The first-order valence-electron chi connectivity index (χ1n) is 27.9. The number of rotatable bonds is 4. The highest BCUT2D eigenvalue weighted by atomic mass is 14.3. The Morgan fingerprint density at radius 3 is 1.17 bits per heavy atom. The molecule has 8 aromatic carbocycles. The quantitative estimate of drug-likeness (QED) is 0.165. The normalized spacial score (nSPS) is 11.6. The summed E-state index contributed by atoms with van der Waals surface area (Å²) in [6, 6.07) is 62.4. The summed E-state index contributed by atoms with van der Waals surface area (Å²) in [5.74, 6) is 2.44. The first-order chi connectivity index (χ1) is 35.0.